The van der Waals surface area contributed by atoms with Crippen LogP contribution in [0.3, 0.4) is 0 Å². The van der Waals surface area contributed by atoms with Crippen molar-refractivity contribution in [2.75, 3.05) is 5.32 Å². The SMILES string of the molecule is O=C(Nc1cc(Cl)ccc1Br)C1CC1. The molecule has 4 heteroatoms. The van der Waals surface area contributed by atoms with Crippen molar-refractivity contribution < 1.29 is 4.79 Å². The molecular formula is C10H9BrClNO. The number of rotatable bonds is 2. The summed E-state index contributed by atoms with van der Waals surface area (Å²) in [6.07, 6.45) is 2.01. The van der Waals surface area contributed by atoms with Crippen LogP contribution in [0.5, 0.6) is 0 Å². The minimum Gasteiger partial charge on any atom is -0.325 e. The normalized spacial score (nSPS) is 15.3. The highest BCUT2D eigenvalue weighted by atomic mass is 79.9. The Morgan fingerprint density at radius 1 is 1.50 bits per heavy atom. The van der Waals surface area contributed by atoms with Crippen molar-refractivity contribution in [2.24, 2.45) is 5.92 Å². The molecule has 1 aliphatic carbocycles. The molecule has 1 N–H and O–H groups in total. The fraction of sp³-hybridized carbons (Fsp3) is 0.300. The topological polar surface area (TPSA) is 29.1 Å². The Kier molecular flexibility index (Phi) is 2.79. The number of hydrogen-bond acceptors (Lipinski definition) is 1. The smallest absolute Gasteiger partial charge is 0.227 e. The zero-order chi connectivity index (χ0) is 10.1. The van der Waals surface area contributed by atoms with Crippen LogP contribution >= 0.6 is 27.5 Å². The van der Waals surface area contributed by atoms with E-state index in [1.807, 2.05) is 6.07 Å². The van der Waals surface area contributed by atoms with Crippen molar-refractivity contribution in [3.63, 3.8) is 0 Å². The minimum atomic E-state index is 0.0907. The molecule has 0 aliphatic heterocycles. The molecule has 0 saturated heterocycles. The van der Waals surface area contributed by atoms with Crippen LogP contribution in [0.4, 0.5) is 5.69 Å². The second-order valence-corrected chi connectivity index (χ2v) is 4.68. The van der Waals surface area contributed by atoms with Crippen molar-refractivity contribution in [2.45, 2.75) is 12.8 Å². The van der Waals surface area contributed by atoms with E-state index in [4.69, 9.17) is 11.6 Å². The van der Waals surface area contributed by atoms with E-state index in [0.29, 0.717) is 5.02 Å². The van der Waals surface area contributed by atoms with E-state index in [1.54, 1.807) is 12.1 Å². The number of benzene rings is 1. The van der Waals surface area contributed by atoms with Gasteiger partial charge in [0.15, 0.2) is 0 Å². The zero-order valence-corrected chi connectivity index (χ0v) is 9.73. The van der Waals surface area contributed by atoms with Crippen molar-refractivity contribution in [1.29, 1.82) is 0 Å². The lowest BCUT2D eigenvalue weighted by atomic mass is 10.3. The van der Waals surface area contributed by atoms with Gasteiger partial charge in [-0.1, -0.05) is 11.6 Å². The maximum Gasteiger partial charge on any atom is 0.227 e. The Labute approximate surface area is 95.8 Å². The molecule has 2 nitrogen and oxygen atoms in total. The second kappa shape index (κ2) is 3.91. The molecule has 14 heavy (non-hydrogen) atoms. The first kappa shape index (κ1) is 9.99. The molecule has 0 unspecified atom stereocenters. The highest BCUT2D eigenvalue weighted by Gasteiger charge is 2.29. The van der Waals surface area contributed by atoms with Gasteiger partial charge in [-0.05, 0) is 47.0 Å². The van der Waals surface area contributed by atoms with Crippen molar-refractivity contribution in [3.05, 3.63) is 27.7 Å². The van der Waals surface area contributed by atoms with Crippen molar-refractivity contribution in [3.8, 4) is 0 Å². The van der Waals surface area contributed by atoms with Gasteiger partial charge in [0, 0.05) is 15.4 Å². The number of anilines is 1. The van der Waals surface area contributed by atoms with Crippen LogP contribution in [0.2, 0.25) is 5.02 Å². The molecule has 74 valence electrons. The Morgan fingerprint density at radius 2 is 2.21 bits per heavy atom. The molecule has 0 aromatic heterocycles. The maximum atomic E-state index is 11.5. The average Bonchev–Trinajstić information content (AvgIpc) is 2.94. The number of halogens is 2. The van der Waals surface area contributed by atoms with E-state index in [-0.39, 0.29) is 11.8 Å². The Balaban J connectivity index is 2.14. The molecule has 1 aromatic carbocycles. The van der Waals surface area contributed by atoms with E-state index < -0.39 is 0 Å². The maximum absolute atomic E-state index is 11.5. The zero-order valence-electron chi connectivity index (χ0n) is 7.39. The third kappa shape index (κ3) is 2.28. The first-order valence-electron chi connectivity index (χ1n) is 4.43. The number of nitrogens with one attached hydrogen (secondary N) is 1. The van der Waals surface area contributed by atoms with Crippen LogP contribution in [0, 0.1) is 5.92 Å². The molecule has 0 atom stereocenters. The minimum absolute atomic E-state index is 0.0907. The van der Waals surface area contributed by atoms with E-state index in [2.05, 4.69) is 21.2 Å². The van der Waals surface area contributed by atoms with Gasteiger partial charge in [-0.15, -0.1) is 0 Å². The van der Waals surface area contributed by atoms with Crippen LogP contribution in [0.15, 0.2) is 22.7 Å². The Morgan fingerprint density at radius 3 is 2.86 bits per heavy atom. The first-order chi connectivity index (χ1) is 6.66. The quantitative estimate of drug-likeness (QED) is 0.879. The summed E-state index contributed by atoms with van der Waals surface area (Å²) in [6.45, 7) is 0. The predicted molar refractivity (Wildman–Crippen MR) is 60.5 cm³/mol. The van der Waals surface area contributed by atoms with Crippen LogP contribution < -0.4 is 5.32 Å². The fourth-order valence-corrected chi connectivity index (χ4v) is 1.69. The Bertz CT molecular complexity index is 376. The summed E-state index contributed by atoms with van der Waals surface area (Å²) in [5.41, 5.74) is 0.745. The lowest BCUT2D eigenvalue weighted by molar-refractivity contribution is -0.117. The van der Waals surface area contributed by atoms with Gasteiger partial charge in [-0.2, -0.15) is 0 Å². The lowest BCUT2D eigenvalue weighted by Crippen LogP contribution is -2.13. The molecule has 1 aromatic rings. The third-order valence-electron chi connectivity index (χ3n) is 2.13. The van der Waals surface area contributed by atoms with Crippen LogP contribution in [-0.2, 0) is 4.79 Å². The van der Waals surface area contributed by atoms with Crippen LogP contribution in [0.1, 0.15) is 12.8 Å². The van der Waals surface area contributed by atoms with Gasteiger partial charge in [0.05, 0.1) is 5.69 Å². The summed E-state index contributed by atoms with van der Waals surface area (Å²) < 4.78 is 0.857. The molecule has 1 fully saturated rings. The number of carbonyl (C=O) groups excluding carboxylic acids is 1. The number of amides is 1. The molecule has 1 aliphatic rings. The summed E-state index contributed by atoms with van der Waals surface area (Å²) in [7, 11) is 0. The first-order valence-corrected chi connectivity index (χ1v) is 5.60. The van der Waals surface area contributed by atoms with E-state index in [1.165, 1.54) is 0 Å². The largest absolute Gasteiger partial charge is 0.325 e. The van der Waals surface area contributed by atoms with Crippen LogP contribution in [-0.4, -0.2) is 5.91 Å². The van der Waals surface area contributed by atoms with E-state index >= 15 is 0 Å². The molecule has 1 amide bonds. The van der Waals surface area contributed by atoms with Gasteiger partial charge < -0.3 is 5.32 Å². The van der Waals surface area contributed by atoms with Gasteiger partial charge in [0.2, 0.25) is 5.91 Å². The average molecular weight is 275 g/mol. The summed E-state index contributed by atoms with van der Waals surface area (Å²) in [5, 5.41) is 3.47. The lowest BCUT2D eigenvalue weighted by Gasteiger charge is -2.06. The summed E-state index contributed by atoms with van der Waals surface area (Å²) >= 11 is 9.18. The number of hydrogen-bond donors (Lipinski definition) is 1. The molecule has 0 heterocycles. The third-order valence-corrected chi connectivity index (χ3v) is 3.06. The highest BCUT2D eigenvalue weighted by Crippen LogP contribution is 2.32. The summed E-state index contributed by atoms with van der Waals surface area (Å²) in [4.78, 5) is 11.5. The predicted octanol–water partition coefficient (Wildman–Crippen LogP) is 3.45. The van der Waals surface area contributed by atoms with Gasteiger partial charge >= 0.3 is 0 Å². The van der Waals surface area contributed by atoms with E-state index in [0.717, 1.165) is 23.0 Å². The fourth-order valence-electron chi connectivity index (χ4n) is 1.17. The van der Waals surface area contributed by atoms with Crippen LogP contribution in [0.25, 0.3) is 0 Å². The Hall–Kier alpha value is -0.540. The standard InChI is InChI=1S/C10H9BrClNO/c11-8-4-3-7(12)5-9(8)13-10(14)6-1-2-6/h3-6H,1-2H2,(H,13,14). The summed E-state index contributed by atoms with van der Waals surface area (Å²) in [5.74, 6) is 0.300. The molecule has 0 radical (unpaired) electrons. The number of carbonyl (C=O) groups is 1. The van der Waals surface area contributed by atoms with Gasteiger partial charge in [-0.3, -0.25) is 4.79 Å². The monoisotopic (exact) mass is 273 g/mol. The van der Waals surface area contributed by atoms with Crippen molar-refractivity contribution >= 4 is 39.1 Å². The highest BCUT2D eigenvalue weighted by molar-refractivity contribution is 9.10. The summed E-state index contributed by atoms with van der Waals surface area (Å²) in [6, 6.07) is 5.34. The molecular weight excluding hydrogens is 265 g/mol. The van der Waals surface area contributed by atoms with Gasteiger partial charge in [-0.25, -0.2) is 0 Å². The second-order valence-electron chi connectivity index (χ2n) is 3.39. The van der Waals surface area contributed by atoms with Gasteiger partial charge in [0.1, 0.15) is 0 Å². The van der Waals surface area contributed by atoms with Gasteiger partial charge in [0.25, 0.3) is 0 Å². The molecule has 0 spiro atoms. The van der Waals surface area contributed by atoms with E-state index in [9.17, 15) is 4.79 Å². The molecule has 1 saturated carbocycles. The van der Waals surface area contributed by atoms with Crippen molar-refractivity contribution in [1.82, 2.24) is 0 Å². The molecule has 2 rings (SSSR count). The molecule has 0 bridgehead atoms.